The van der Waals surface area contributed by atoms with Crippen LogP contribution in [0.15, 0.2) is 18.2 Å². The van der Waals surface area contributed by atoms with Gasteiger partial charge in [-0.2, -0.15) is 0 Å². The molecule has 4 heteroatoms. The highest BCUT2D eigenvalue weighted by Gasteiger charge is 2.18. The predicted octanol–water partition coefficient (Wildman–Crippen LogP) is 1.88. The molecule has 0 saturated carbocycles. The Morgan fingerprint density at radius 3 is 2.60 bits per heavy atom. The van der Waals surface area contributed by atoms with Crippen LogP contribution in [0.1, 0.15) is 12.8 Å². The van der Waals surface area contributed by atoms with Gasteiger partial charge in [0, 0.05) is 18.8 Å². The highest BCUT2D eigenvalue weighted by atomic mass is 35.5. The minimum Gasteiger partial charge on any atom is -0.399 e. The van der Waals surface area contributed by atoms with Gasteiger partial charge >= 0.3 is 0 Å². The smallest absolute Gasteiger partial charge is 0.0660 e. The highest BCUT2D eigenvalue weighted by molar-refractivity contribution is 6.33. The number of benzene rings is 1. The zero-order chi connectivity index (χ0) is 10.8. The van der Waals surface area contributed by atoms with Crippen LogP contribution in [-0.2, 0) is 0 Å². The summed E-state index contributed by atoms with van der Waals surface area (Å²) in [6.07, 6.45) is 1.45. The van der Waals surface area contributed by atoms with Crippen molar-refractivity contribution in [3.63, 3.8) is 0 Å². The van der Waals surface area contributed by atoms with Gasteiger partial charge in [0.15, 0.2) is 0 Å². The van der Waals surface area contributed by atoms with E-state index in [9.17, 15) is 5.11 Å². The molecule has 0 radical (unpaired) electrons. The maximum atomic E-state index is 9.41. The lowest BCUT2D eigenvalue weighted by molar-refractivity contribution is 0.145. The normalized spacial score (nSPS) is 18.1. The van der Waals surface area contributed by atoms with Gasteiger partial charge in [-0.15, -0.1) is 0 Å². The van der Waals surface area contributed by atoms with Crippen LogP contribution in [0.2, 0.25) is 5.02 Å². The maximum absolute atomic E-state index is 9.41. The molecule has 1 heterocycles. The summed E-state index contributed by atoms with van der Waals surface area (Å²) < 4.78 is 0. The standard InChI is InChI=1S/C11H15ClN2O/c12-10-7-8(13)1-2-11(10)14-5-3-9(15)4-6-14/h1-2,7,9,15H,3-6,13H2. The number of halogens is 1. The first-order valence-corrected chi connectivity index (χ1v) is 5.52. The topological polar surface area (TPSA) is 49.5 Å². The lowest BCUT2D eigenvalue weighted by atomic mass is 10.1. The van der Waals surface area contributed by atoms with Crippen LogP contribution in [0.25, 0.3) is 0 Å². The number of anilines is 2. The highest BCUT2D eigenvalue weighted by Crippen LogP contribution is 2.29. The second-order valence-corrected chi connectivity index (χ2v) is 4.34. The van der Waals surface area contributed by atoms with Crippen LogP contribution in [0.3, 0.4) is 0 Å². The van der Waals surface area contributed by atoms with E-state index in [4.69, 9.17) is 17.3 Å². The van der Waals surface area contributed by atoms with Gasteiger partial charge in [-0.25, -0.2) is 0 Å². The van der Waals surface area contributed by atoms with E-state index in [2.05, 4.69) is 4.90 Å². The Bertz CT molecular complexity index is 348. The van der Waals surface area contributed by atoms with E-state index < -0.39 is 0 Å². The molecule has 1 fully saturated rings. The average Bonchev–Trinajstić information content (AvgIpc) is 2.20. The van der Waals surface area contributed by atoms with Crippen molar-refractivity contribution < 1.29 is 5.11 Å². The van der Waals surface area contributed by atoms with E-state index in [-0.39, 0.29) is 6.10 Å². The number of aliphatic hydroxyl groups is 1. The number of nitrogens with zero attached hydrogens (tertiary/aromatic N) is 1. The molecule has 82 valence electrons. The number of piperidine rings is 1. The lowest BCUT2D eigenvalue weighted by Crippen LogP contribution is -2.35. The molecule has 3 nitrogen and oxygen atoms in total. The Labute approximate surface area is 94.4 Å². The molecule has 1 aliphatic heterocycles. The molecule has 3 N–H and O–H groups in total. The van der Waals surface area contributed by atoms with E-state index in [1.54, 1.807) is 6.07 Å². The van der Waals surface area contributed by atoms with Gasteiger partial charge in [0.2, 0.25) is 0 Å². The van der Waals surface area contributed by atoms with Gasteiger partial charge in [0.05, 0.1) is 16.8 Å². The van der Waals surface area contributed by atoms with Crippen LogP contribution >= 0.6 is 11.6 Å². The average molecular weight is 227 g/mol. The molecule has 15 heavy (non-hydrogen) atoms. The number of aliphatic hydroxyl groups excluding tert-OH is 1. The summed E-state index contributed by atoms with van der Waals surface area (Å²) in [5.41, 5.74) is 7.33. The Kier molecular flexibility index (Phi) is 3.03. The minimum absolute atomic E-state index is 0.159. The molecule has 0 spiro atoms. The van der Waals surface area contributed by atoms with E-state index in [0.717, 1.165) is 31.6 Å². The summed E-state index contributed by atoms with van der Waals surface area (Å²) in [7, 11) is 0. The van der Waals surface area contributed by atoms with E-state index in [1.807, 2.05) is 12.1 Å². The Morgan fingerprint density at radius 2 is 2.00 bits per heavy atom. The largest absolute Gasteiger partial charge is 0.399 e. The summed E-state index contributed by atoms with van der Waals surface area (Å²) in [5.74, 6) is 0. The predicted molar refractivity (Wildman–Crippen MR) is 63.3 cm³/mol. The first-order chi connectivity index (χ1) is 7.16. The molecule has 1 aromatic carbocycles. The van der Waals surface area contributed by atoms with E-state index in [1.165, 1.54) is 0 Å². The van der Waals surface area contributed by atoms with Crippen LogP contribution in [0.4, 0.5) is 11.4 Å². The summed E-state index contributed by atoms with van der Waals surface area (Å²) in [6, 6.07) is 5.56. The zero-order valence-electron chi connectivity index (χ0n) is 8.49. The molecule has 1 saturated heterocycles. The first kappa shape index (κ1) is 10.6. The fourth-order valence-electron chi connectivity index (χ4n) is 1.89. The van der Waals surface area contributed by atoms with E-state index in [0.29, 0.717) is 10.7 Å². The van der Waals surface area contributed by atoms with Crippen molar-refractivity contribution in [2.24, 2.45) is 0 Å². The monoisotopic (exact) mass is 226 g/mol. The number of nitrogens with two attached hydrogens (primary N) is 1. The van der Waals surface area contributed by atoms with Crippen molar-refractivity contribution >= 4 is 23.0 Å². The molecule has 0 aromatic heterocycles. The summed E-state index contributed by atoms with van der Waals surface area (Å²) >= 11 is 6.12. The molecule has 1 aliphatic rings. The zero-order valence-corrected chi connectivity index (χ0v) is 9.24. The number of rotatable bonds is 1. The van der Waals surface area contributed by atoms with Crippen molar-refractivity contribution in [3.05, 3.63) is 23.2 Å². The Morgan fingerprint density at radius 1 is 1.33 bits per heavy atom. The number of hydrogen-bond acceptors (Lipinski definition) is 3. The third kappa shape index (κ3) is 2.36. The Balaban J connectivity index is 2.15. The quantitative estimate of drug-likeness (QED) is 0.719. The summed E-state index contributed by atoms with van der Waals surface area (Å²) in [5, 5.41) is 10.1. The second kappa shape index (κ2) is 4.29. The van der Waals surface area contributed by atoms with Crippen molar-refractivity contribution in [3.8, 4) is 0 Å². The van der Waals surface area contributed by atoms with Crippen LogP contribution in [-0.4, -0.2) is 24.3 Å². The molecular formula is C11H15ClN2O. The summed E-state index contributed by atoms with van der Waals surface area (Å²) in [6.45, 7) is 1.70. The van der Waals surface area contributed by atoms with Crippen LogP contribution in [0.5, 0.6) is 0 Å². The number of hydrogen-bond donors (Lipinski definition) is 2. The lowest BCUT2D eigenvalue weighted by Gasteiger charge is -2.32. The van der Waals surface area contributed by atoms with Gasteiger partial charge in [-0.3, -0.25) is 0 Å². The summed E-state index contributed by atoms with van der Waals surface area (Å²) in [4.78, 5) is 2.19. The molecule has 0 atom stereocenters. The Hall–Kier alpha value is -0.930. The SMILES string of the molecule is Nc1ccc(N2CCC(O)CC2)c(Cl)c1. The fraction of sp³-hybridized carbons (Fsp3) is 0.455. The van der Waals surface area contributed by atoms with Crippen LogP contribution < -0.4 is 10.6 Å². The van der Waals surface area contributed by atoms with Crippen molar-refractivity contribution in [2.45, 2.75) is 18.9 Å². The molecule has 0 bridgehead atoms. The first-order valence-electron chi connectivity index (χ1n) is 5.15. The van der Waals surface area contributed by atoms with Crippen molar-refractivity contribution in [1.82, 2.24) is 0 Å². The van der Waals surface area contributed by atoms with Crippen molar-refractivity contribution in [1.29, 1.82) is 0 Å². The third-order valence-electron chi connectivity index (χ3n) is 2.78. The van der Waals surface area contributed by atoms with Gasteiger partial charge in [-0.05, 0) is 31.0 Å². The van der Waals surface area contributed by atoms with E-state index >= 15 is 0 Å². The minimum atomic E-state index is -0.159. The fourth-order valence-corrected chi connectivity index (χ4v) is 2.19. The maximum Gasteiger partial charge on any atom is 0.0660 e. The second-order valence-electron chi connectivity index (χ2n) is 3.93. The van der Waals surface area contributed by atoms with Gasteiger partial charge in [0.25, 0.3) is 0 Å². The van der Waals surface area contributed by atoms with Crippen LogP contribution in [0, 0.1) is 0 Å². The van der Waals surface area contributed by atoms with Crippen molar-refractivity contribution in [2.75, 3.05) is 23.7 Å². The van der Waals surface area contributed by atoms with Gasteiger partial charge < -0.3 is 15.7 Å². The molecular weight excluding hydrogens is 212 g/mol. The van der Waals surface area contributed by atoms with Gasteiger partial charge in [-0.1, -0.05) is 11.6 Å². The molecule has 0 aliphatic carbocycles. The molecule has 0 amide bonds. The molecule has 1 aromatic rings. The van der Waals surface area contributed by atoms with Gasteiger partial charge in [0.1, 0.15) is 0 Å². The number of nitrogen functional groups attached to an aromatic ring is 1. The molecule has 0 unspecified atom stereocenters. The third-order valence-corrected chi connectivity index (χ3v) is 3.08. The molecule has 2 rings (SSSR count).